The van der Waals surface area contributed by atoms with Crippen molar-refractivity contribution in [2.75, 3.05) is 21.3 Å². The van der Waals surface area contributed by atoms with Gasteiger partial charge in [-0.2, -0.15) is 0 Å². The van der Waals surface area contributed by atoms with Gasteiger partial charge in [0.1, 0.15) is 0 Å². The van der Waals surface area contributed by atoms with Crippen LogP contribution < -0.4 is 14.8 Å². The van der Waals surface area contributed by atoms with Gasteiger partial charge in [0.25, 0.3) is 0 Å². The molecule has 6 nitrogen and oxygen atoms in total. The summed E-state index contributed by atoms with van der Waals surface area (Å²) in [6, 6.07) is 1.85. The molecule has 0 fully saturated rings. The minimum absolute atomic E-state index is 0.291. The van der Waals surface area contributed by atoms with Gasteiger partial charge in [-0.05, 0) is 31.7 Å². The summed E-state index contributed by atoms with van der Waals surface area (Å²) in [5.41, 5.74) is 0.920. The lowest BCUT2D eigenvalue weighted by Crippen LogP contribution is -2.41. The largest absolute Gasteiger partial charge is 0.493 e. The van der Waals surface area contributed by atoms with E-state index in [4.69, 9.17) is 14.6 Å². The molecule has 0 spiro atoms. The number of ketones is 1. The van der Waals surface area contributed by atoms with E-state index in [1.807, 2.05) is 0 Å². The van der Waals surface area contributed by atoms with Gasteiger partial charge in [0.05, 0.1) is 14.2 Å². The number of aryl methyl sites for hydroxylation is 1. The third-order valence-electron chi connectivity index (χ3n) is 2.79. The fraction of sp³-hybridized carbons (Fsp3) is 0.385. The Kier molecular flexibility index (Phi) is 4.88. The van der Waals surface area contributed by atoms with E-state index >= 15 is 0 Å². The summed E-state index contributed by atoms with van der Waals surface area (Å²) >= 11 is 0. The van der Waals surface area contributed by atoms with Crippen molar-refractivity contribution in [3.8, 4) is 11.5 Å². The molecule has 0 saturated heterocycles. The highest BCUT2D eigenvalue weighted by molar-refractivity contribution is 6.12. The number of rotatable bonds is 6. The first-order chi connectivity index (χ1) is 8.96. The van der Waals surface area contributed by atoms with Gasteiger partial charge < -0.3 is 19.9 Å². The summed E-state index contributed by atoms with van der Waals surface area (Å²) in [4.78, 5) is 23.2. The van der Waals surface area contributed by atoms with Crippen LogP contribution in [0.3, 0.4) is 0 Å². The molecule has 1 unspecified atom stereocenters. The van der Waals surface area contributed by atoms with Gasteiger partial charge in [0.2, 0.25) is 0 Å². The second kappa shape index (κ2) is 6.19. The first kappa shape index (κ1) is 15.0. The first-order valence-electron chi connectivity index (χ1n) is 5.63. The van der Waals surface area contributed by atoms with Crippen LogP contribution in [0.2, 0.25) is 0 Å². The molecule has 1 rings (SSSR count). The fourth-order valence-electron chi connectivity index (χ4n) is 1.77. The summed E-state index contributed by atoms with van der Waals surface area (Å²) in [6.07, 6.45) is 0. The minimum Gasteiger partial charge on any atom is -0.493 e. The Balaban J connectivity index is 3.27. The first-order valence-corrected chi connectivity index (χ1v) is 5.63. The number of carboxylic acid groups (broad SMARTS) is 1. The van der Waals surface area contributed by atoms with Crippen LogP contribution in [0.25, 0.3) is 0 Å². The number of carbonyl (C=O) groups excluding carboxylic acids is 1. The Bertz CT molecular complexity index is 498. The Morgan fingerprint density at radius 3 is 2.16 bits per heavy atom. The zero-order valence-electron chi connectivity index (χ0n) is 11.3. The smallest absolute Gasteiger partial charge is 0.328 e. The predicted molar refractivity (Wildman–Crippen MR) is 69.1 cm³/mol. The van der Waals surface area contributed by atoms with E-state index in [1.54, 1.807) is 13.0 Å². The van der Waals surface area contributed by atoms with Crippen molar-refractivity contribution in [2.24, 2.45) is 0 Å². The van der Waals surface area contributed by atoms with Gasteiger partial charge >= 0.3 is 5.97 Å². The fourth-order valence-corrected chi connectivity index (χ4v) is 1.77. The molecule has 0 aliphatic heterocycles. The number of methoxy groups -OCH3 is 2. The van der Waals surface area contributed by atoms with Gasteiger partial charge in [-0.25, -0.2) is 0 Å². The molecule has 0 amide bonds. The molecular formula is C13H17NO5. The Labute approximate surface area is 111 Å². The Morgan fingerprint density at radius 1 is 1.21 bits per heavy atom. The molecule has 1 aromatic rings. The van der Waals surface area contributed by atoms with E-state index in [-0.39, 0.29) is 0 Å². The molecule has 0 aliphatic carbocycles. The predicted octanol–water partition coefficient (Wildman–Crippen LogP) is 0.868. The average Bonchev–Trinajstić information content (AvgIpc) is 2.38. The third kappa shape index (κ3) is 3.03. The van der Waals surface area contributed by atoms with Crippen LogP contribution in [0.15, 0.2) is 12.1 Å². The lowest BCUT2D eigenvalue weighted by molar-refractivity contribution is -0.137. The van der Waals surface area contributed by atoms with E-state index in [0.29, 0.717) is 22.6 Å². The molecule has 0 aliphatic rings. The van der Waals surface area contributed by atoms with Crippen LogP contribution in [0, 0.1) is 6.92 Å². The van der Waals surface area contributed by atoms with Crippen molar-refractivity contribution >= 4 is 11.8 Å². The van der Waals surface area contributed by atoms with Gasteiger partial charge in [-0.15, -0.1) is 0 Å². The highest BCUT2D eigenvalue weighted by Crippen LogP contribution is 2.30. The number of likely N-dealkylation sites (N-methyl/N-ethyl adjacent to an activating group) is 1. The second-order valence-corrected chi connectivity index (χ2v) is 3.95. The van der Waals surface area contributed by atoms with Crippen LogP contribution >= 0.6 is 0 Å². The van der Waals surface area contributed by atoms with Crippen molar-refractivity contribution in [1.82, 2.24) is 5.32 Å². The molecule has 0 heterocycles. The van der Waals surface area contributed by atoms with Gasteiger partial charge in [-0.1, -0.05) is 0 Å². The van der Waals surface area contributed by atoms with Gasteiger partial charge in [0, 0.05) is 5.56 Å². The number of benzene rings is 1. The number of hydrogen-bond acceptors (Lipinski definition) is 5. The monoisotopic (exact) mass is 267 g/mol. The van der Waals surface area contributed by atoms with Crippen molar-refractivity contribution in [3.63, 3.8) is 0 Å². The van der Waals surface area contributed by atoms with Crippen LogP contribution in [-0.4, -0.2) is 44.2 Å². The van der Waals surface area contributed by atoms with Crippen molar-refractivity contribution in [3.05, 3.63) is 23.3 Å². The van der Waals surface area contributed by atoms with Gasteiger partial charge in [-0.3, -0.25) is 9.59 Å². The van der Waals surface area contributed by atoms with E-state index in [2.05, 4.69) is 5.32 Å². The lowest BCUT2D eigenvalue weighted by atomic mass is 9.99. The van der Waals surface area contributed by atoms with Crippen molar-refractivity contribution in [2.45, 2.75) is 13.0 Å². The molecule has 0 saturated carbocycles. The van der Waals surface area contributed by atoms with E-state index < -0.39 is 17.8 Å². The third-order valence-corrected chi connectivity index (χ3v) is 2.79. The molecular weight excluding hydrogens is 250 g/mol. The SMILES string of the molecule is CNC(C(=O)O)C(=O)c1cc(OC)c(OC)cc1C. The summed E-state index contributed by atoms with van der Waals surface area (Å²) in [7, 11) is 4.37. The normalized spacial score (nSPS) is 11.8. The summed E-state index contributed by atoms with van der Waals surface area (Å²) in [5.74, 6) is -0.861. The van der Waals surface area contributed by atoms with Gasteiger partial charge in [0.15, 0.2) is 23.3 Å². The topological polar surface area (TPSA) is 84.9 Å². The second-order valence-electron chi connectivity index (χ2n) is 3.95. The van der Waals surface area contributed by atoms with E-state index in [9.17, 15) is 9.59 Å². The molecule has 2 N–H and O–H groups in total. The maximum atomic E-state index is 12.2. The molecule has 0 aromatic heterocycles. The summed E-state index contributed by atoms with van der Waals surface area (Å²) in [6.45, 7) is 1.71. The highest BCUT2D eigenvalue weighted by Gasteiger charge is 2.27. The zero-order chi connectivity index (χ0) is 14.6. The number of carbonyl (C=O) groups is 2. The Hall–Kier alpha value is -2.08. The van der Waals surface area contributed by atoms with Crippen molar-refractivity contribution in [1.29, 1.82) is 0 Å². The molecule has 0 radical (unpaired) electrons. The number of nitrogens with one attached hydrogen (secondary N) is 1. The van der Waals surface area contributed by atoms with Crippen LogP contribution in [0.1, 0.15) is 15.9 Å². The molecule has 6 heteroatoms. The zero-order valence-corrected chi connectivity index (χ0v) is 11.3. The van der Waals surface area contributed by atoms with Crippen LogP contribution in [0.5, 0.6) is 11.5 Å². The molecule has 104 valence electrons. The lowest BCUT2D eigenvalue weighted by Gasteiger charge is -2.15. The van der Waals surface area contributed by atoms with E-state index in [0.717, 1.165) is 0 Å². The maximum absolute atomic E-state index is 12.2. The highest BCUT2D eigenvalue weighted by atomic mass is 16.5. The quantitative estimate of drug-likeness (QED) is 0.587. The number of carboxylic acids is 1. The average molecular weight is 267 g/mol. The molecule has 1 atom stereocenters. The summed E-state index contributed by atoms with van der Waals surface area (Å²) < 4.78 is 10.2. The van der Waals surface area contributed by atoms with E-state index in [1.165, 1.54) is 27.3 Å². The molecule has 19 heavy (non-hydrogen) atoms. The number of ether oxygens (including phenoxy) is 2. The standard InChI is InChI=1S/C13H17NO5/c1-7-5-9(18-3)10(19-4)6-8(7)12(15)11(14-2)13(16)17/h5-6,11,14H,1-4H3,(H,16,17). The van der Waals surface area contributed by atoms with Crippen LogP contribution in [-0.2, 0) is 4.79 Å². The minimum atomic E-state index is -1.28. The molecule has 1 aromatic carbocycles. The number of aliphatic carboxylic acids is 1. The molecule has 0 bridgehead atoms. The number of hydrogen-bond donors (Lipinski definition) is 2. The maximum Gasteiger partial charge on any atom is 0.328 e. The van der Waals surface area contributed by atoms with Crippen LogP contribution in [0.4, 0.5) is 0 Å². The Morgan fingerprint density at radius 2 is 1.74 bits per heavy atom. The van der Waals surface area contributed by atoms with Crippen molar-refractivity contribution < 1.29 is 24.2 Å². The number of Topliss-reactive ketones (excluding diaryl/α,β-unsaturated/α-hetero) is 1. The summed E-state index contributed by atoms with van der Waals surface area (Å²) in [5, 5.41) is 11.5.